The maximum atomic E-state index is 12.5. The number of carbonyl (C=O) groups is 1. The second kappa shape index (κ2) is 7.32. The molecule has 0 atom stereocenters. The minimum Gasteiger partial charge on any atom is -0.497 e. The second-order valence-electron chi connectivity index (χ2n) is 4.76. The molecule has 0 saturated carbocycles. The van der Waals surface area contributed by atoms with Crippen LogP contribution in [-0.2, 0) is 0 Å². The lowest BCUT2D eigenvalue weighted by Gasteiger charge is -2.13. The number of nitro benzene ring substituents is 1. The van der Waals surface area contributed by atoms with E-state index in [1.54, 1.807) is 25.2 Å². The zero-order valence-electron chi connectivity index (χ0n) is 13.5. The zero-order chi connectivity index (χ0) is 17.7. The molecule has 0 aromatic heterocycles. The van der Waals surface area contributed by atoms with Crippen LogP contribution in [0.1, 0.15) is 10.4 Å². The van der Waals surface area contributed by atoms with Crippen molar-refractivity contribution in [2.75, 3.05) is 31.9 Å². The number of nitrogens with zero attached hydrogens (tertiary/aromatic N) is 1. The Kier molecular flexibility index (Phi) is 5.20. The molecule has 0 radical (unpaired) electrons. The lowest BCUT2D eigenvalue weighted by atomic mass is 10.1. The molecule has 0 heterocycles. The minimum absolute atomic E-state index is 0.157. The van der Waals surface area contributed by atoms with Gasteiger partial charge in [0.2, 0.25) is 0 Å². The summed E-state index contributed by atoms with van der Waals surface area (Å²) >= 11 is 0. The van der Waals surface area contributed by atoms with Gasteiger partial charge < -0.3 is 20.1 Å². The Labute approximate surface area is 138 Å². The van der Waals surface area contributed by atoms with Gasteiger partial charge in [0, 0.05) is 30.9 Å². The molecule has 126 valence electrons. The third-order valence-corrected chi connectivity index (χ3v) is 3.38. The molecule has 2 rings (SSSR count). The van der Waals surface area contributed by atoms with Crippen LogP contribution in [0.25, 0.3) is 0 Å². The fraction of sp³-hybridized carbons (Fsp3) is 0.188. The molecule has 0 fully saturated rings. The van der Waals surface area contributed by atoms with Crippen LogP contribution in [0.15, 0.2) is 36.4 Å². The van der Waals surface area contributed by atoms with Gasteiger partial charge in [0.25, 0.3) is 11.6 Å². The molecule has 24 heavy (non-hydrogen) atoms. The Bertz CT molecular complexity index is 776. The quantitative estimate of drug-likeness (QED) is 0.623. The average molecular weight is 331 g/mol. The van der Waals surface area contributed by atoms with Gasteiger partial charge in [-0.15, -0.1) is 0 Å². The van der Waals surface area contributed by atoms with Gasteiger partial charge in [-0.25, -0.2) is 0 Å². The molecule has 1 amide bonds. The van der Waals surface area contributed by atoms with E-state index in [0.717, 1.165) is 0 Å². The normalized spacial score (nSPS) is 9.96. The summed E-state index contributed by atoms with van der Waals surface area (Å²) in [6, 6.07) is 8.96. The largest absolute Gasteiger partial charge is 0.497 e. The van der Waals surface area contributed by atoms with Crippen molar-refractivity contribution in [3.8, 4) is 11.5 Å². The number of nitro groups is 1. The smallest absolute Gasteiger partial charge is 0.270 e. The molecule has 0 saturated heterocycles. The average Bonchev–Trinajstić information content (AvgIpc) is 2.61. The van der Waals surface area contributed by atoms with Gasteiger partial charge in [0.15, 0.2) is 0 Å². The molecule has 0 aliphatic rings. The summed E-state index contributed by atoms with van der Waals surface area (Å²) in [6.45, 7) is 0. The predicted octanol–water partition coefficient (Wildman–Crippen LogP) is 2.91. The van der Waals surface area contributed by atoms with Gasteiger partial charge in [-0.05, 0) is 18.2 Å². The molecule has 0 spiro atoms. The number of ether oxygens (including phenoxy) is 2. The van der Waals surface area contributed by atoms with Crippen LogP contribution in [0, 0.1) is 10.1 Å². The van der Waals surface area contributed by atoms with Crippen molar-refractivity contribution in [3.05, 3.63) is 52.1 Å². The maximum absolute atomic E-state index is 12.5. The van der Waals surface area contributed by atoms with E-state index in [4.69, 9.17) is 9.47 Å². The number of rotatable bonds is 6. The van der Waals surface area contributed by atoms with Gasteiger partial charge in [-0.2, -0.15) is 0 Å². The van der Waals surface area contributed by atoms with Crippen LogP contribution in [0.3, 0.4) is 0 Å². The van der Waals surface area contributed by atoms with Gasteiger partial charge in [-0.3, -0.25) is 14.9 Å². The molecule has 0 aliphatic carbocycles. The molecule has 0 unspecified atom stereocenters. The first-order chi connectivity index (χ1) is 11.5. The highest BCUT2D eigenvalue weighted by Gasteiger charge is 2.18. The van der Waals surface area contributed by atoms with E-state index in [1.165, 1.54) is 32.4 Å². The fourth-order valence-electron chi connectivity index (χ4n) is 2.14. The third-order valence-electron chi connectivity index (χ3n) is 3.38. The van der Waals surface area contributed by atoms with E-state index in [0.29, 0.717) is 22.9 Å². The SMILES string of the molecule is CNc1ccc([N+](=O)[O-])cc1C(=O)Nc1ccc(OC)cc1OC. The minimum atomic E-state index is -0.551. The Balaban J connectivity index is 2.36. The topological polar surface area (TPSA) is 103 Å². The lowest BCUT2D eigenvalue weighted by molar-refractivity contribution is -0.384. The predicted molar refractivity (Wildman–Crippen MR) is 90.1 cm³/mol. The summed E-state index contributed by atoms with van der Waals surface area (Å²) in [7, 11) is 4.62. The number of nitrogens with one attached hydrogen (secondary N) is 2. The Morgan fingerprint density at radius 3 is 2.38 bits per heavy atom. The van der Waals surface area contributed by atoms with Gasteiger partial charge >= 0.3 is 0 Å². The second-order valence-corrected chi connectivity index (χ2v) is 4.76. The number of benzene rings is 2. The van der Waals surface area contributed by atoms with E-state index in [1.807, 2.05) is 0 Å². The van der Waals surface area contributed by atoms with Crippen LogP contribution in [0.5, 0.6) is 11.5 Å². The zero-order valence-corrected chi connectivity index (χ0v) is 13.5. The van der Waals surface area contributed by atoms with Crippen molar-refractivity contribution in [3.63, 3.8) is 0 Å². The highest BCUT2D eigenvalue weighted by atomic mass is 16.6. The monoisotopic (exact) mass is 331 g/mol. The Morgan fingerprint density at radius 2 is 1.79 bits per heavy atom. The number of anilines is 2. The van der Waals surface area contributed by atoms with Crippen LogP contribution < -0.4 is 20.1 Å². The number of carbonyl (C=O) groups excluding carboxylic acids is 1. The fourth-order valence-corrected chi connectivity index (χ4v) is 2.14. The van der Waals surface area contributed by atoms with Crippen molar-refractivity contribution in [1.82, 2.24) is 0 Å². The van der Waals surface area contributed by atoms with Crippen molar-refractivity contribution in [1.29, 1.82) is 0 Å². The summed E-state index contributed by atoms with van der Waals surface area (Å²) < 4.78 is 10.3. The van der Waals surface area contributed by atoms with Crippen molar-refractivity contribution >= 4 is 23.0 Å². The first-order valence-corrected chi connectivity index (χ1v) is 6.99. The van der Waals surface area contributed by atoms with E-state index in [-0.39, 0.29) is 11.3 Å². The van der Waals surface area contributed by atoms with E-state index < -0.39 is 10.8 Å². The number of amides is 1. The van der Waals surface area contributed by atoms with Crippen LogP contribution in [-0.4, -0.2) is 32.1 Å². The first-order valence-electron chi connectivity index (χ1n) is 6.99. The Hall–Kier alpha value is -3.29. The molecule has 0 bridgehead atoms. The highest BCUT2D eigenvalue weighted by molar-refractivity contribution is 6.09. The summed E-state index contributed by atoms with van der Waals surface area (Å²) in [5.74, 6) is 0.502. The van der Waals surface area contributed by atoms with Crippen LogP contribution in [0.2, 0.25) is 0 Å². The third kappa shape index (κ3) is 3.54. The summed E-state index contributed by atoms with van der Waals surface area (Å²) in [5, 5.41) is 16.5. The number of hydrogen-bond acceptors (Lipinski definition) is 6. The van der Waals surface area contributed by atoms with Gasteiger partial charge in [0.1, 0.15) is 11.5 Å². The van der Waals surface area contributed by atoms with Crippen molar-refractivity contribution in [2.24, 2.45) is 0 Å². The molecule has 2 aromatic carbocycles. The molecular formula is C16H17N3O5. The first kappa shape index (κ1) is 17.1. The standard InChI is InChI=1S/C16H17N3O5/c1-17-13-6-4-10(19(21)22)8-12(13)16(20)18-14-7-5-11(23-2)9-15(14)24-3/h4-9,17H,1-3H3,(H,18,20). The molecule has 0 aliphatic heterocycles. The van der Waals surface area contributed by atoms with Crippen molar-refractivity contribution in [2.45, 2.75) is 0 Å². The number of non-ortho nitro benzene ring substituents is 1. The molecule has 2 aromatic rings. The van der Waals surface area contributed by atoms with Crippen molar-refractivity contribution < 1.29 is 19.2 Å². The summed E-state index contributed by atoms with van der Waals surface area (Å²) in [4.78, 5) is 22.9. The molecule has 2 N–H and O–H groups in total. The number of methoxy groups -OCH3 is 2. The van der Waals surface area contributed by atoms with E-state index >= 15 is 0 Å². The molecule has 8 nitrogen and oxygen atoms in total. The van der Waals surface area contributed by atoms with E-state index in [2.05, 4.69) is 10.6 Å². The number of hydrogen-bond donors (Lipinski definition) is 2. The van der Waals surface area contributed by atoms with Crippen LogP contribution >= 0.6 is 0 Å². The molecule has 8 heteroatoms. The summed E-state index contributed by atoms with van der Waals surface area (Å²) in [6.07, 6.45) is 0. The molecular weight excluding hydrogens is 314 g/mol. The summed E-state index contributed by atoms with van der Waals surface area (Å²) in [5.41, 5.74) is 0.896. The maximum Gasteiger partial charge on any atom is 0.270 e. The van der Waals surface area contributed by atoms with Gasteiger partial charge in [-0.1, -0.05) is 0 Å². The van der Waals surface area contributed by atoms with Crippen LogP contribution in [0.4, 0.5) is 17.1 Å². The lowest BCUT2D eigenvalue weighted by Crippen LogP contribution is -2.15. The van der Waals surface area contributed by atoms with E-state index in [9.17, 15) is 14.9 Å². The highest BCUT2D eigenvalue weighted by Crippen LogP contribution is 2.30. The Morgan fingerprint density at radius 1 is 1.08 bits per heavy atom. The van der Waals surface area contributed by atoms with Gasteiger partial charge in [0.05, 0.1) is 30.4 Å².